The first-order chi connectivity index (χ1) is 9.15. The van der Waals surface area contributed by atoms with Crippen LogP contribution >= 0.6 is 22.7 Å². The van der Waals surface area contributed by atoms with Crippen LogP contribution in [0.2, 0.25) is 0 Å². The van der Waals surface area contributed by atoms with E-state index >= 15 is 0 Å². The van der Waals surface area contributed by atoms with E-state index in [9.17, 15) is 8.42 Å². The van der Waals surface area contributed by atoms with Crippen molar-refractivity contribution in [2.24, 2.45) is 0 Å². The molecule has 0 saturated carbocycles. The quantitative estimate of drug-likeness (QED) is 0.934. The highest BCUT2D eigenvalue weighted by Crippen LogP contribution is 2.24. The molecule has 1 unspecified atom stereocenters. The van der Waals surface area contributed by atoms with E-state index in [2.05, 4.69) is 14.6 Å². The van der Waals surface area contributed by atoms with E-state index in [0.717, 1.165) is 18.1 Å². The standard InChI is InChI=1S/C11H13N3O2S3/c15-19(16,10-2-1-6-17-10)13-9-3-5-14(8-9)11-12-4-7-18-11/h1-2,4,6-7,9,13H,3,5,8H2. The molecular formula is C11H13N3O2S3. The molecule has 1 N–H and O–H groups in total. The largest absolute Gasteiger partial charge is 0.346 e. The Morgan fingerprint density at radius 3 is 2.95 bits per heavy atom. The van der Waals surface area contributed by atoms with Gasteiger partial charge >= 0.3 is 0 Å². The predicted octanol–water partition coefficient (Wildman–Crippen LogP) is 1.76. The molecule has 19 heavy (non-hydrogen) atoms. The molecule has 3 rings (SSSR count). The highest BCUT2D eigenvalue weighted by molar-refractivity contribution is 7.91. The van der Waals surface area contributed by atoms with Gasteiger partial charge in [0.15, 0.2) is 5.13 Å². The molecule has 1 aliphatic rings. The molecule has 0 bridgehead atoms. The highest BCUT2D eigenvalue weighted by Gasteiger charge is 2.28. The highest BCUT2D eigenvalue weighted by atomic mass is 32.2. The number of hydrogen-bond acceptors (Lipinski definition) is 6. The van der Waals surface area contributed by atoms with Gasteiger partial charge in [-0.2, -0.15) is 0 Å². The number of aromatic nitrogens is 1. The lowest BCUT2D eigenvalue weighted by Crippen LogP contribution is -2.36. The summed E-state index contributed by atoms with van der Waals surface area (Å²) in [5.74, 6) is 0. The molecule has 5 nitrogen and oxygen atoms in total. The fourth-order valence-electron chi connectivity index (χ4n) is 2.10. The summed E-state index contributed by atoms with van der Waals surface area (Å²) in [5.41, 5.74) is 0. The number of sulfonamides is 1. The zero-order chi connectivity index (χ0) is 13.3. The van der Waals surface area contributed by atoms with Crippen LogP contribution in [-0.2, 0) is 10.0 Å². The maximum Gasteiger partial charge on any atom is 0.250 e. The van der Waals surface area contributed by atoms with E-state index in [0.29, 0.717) is 10.8 Å². The maximum atomic E-state index is 12.1. The lowest BCUT2D eigenvalue weighted by Gasteiger charge is -2.15. The minimum atomic E-state index is -3.37. The van der Waals surface area contributed by atoms with E-state index in [1.807, 2.05) is 5.38 Å². The SMILES string of the molecule is O=S(=O)(NC1CCN(c2nccs2)C1)c1cccs1. The monoisotopic (exact) mass is 315 g/mol. The van der Waals surface area contributed by atoms with Crippen molar-refractivity contribution < 1.29 is 8.42 Å². The van der Waals surface area contributed by atoms with Crippen molar-refractivity contribution in [1.82, 2.24) is 9.71 Å². The van der Waals surface area contributed by atoms with E-state index in [1.54, 1.807) is 35.0 Å². The molecule has 0 radical (unpaired) electrons. The summed E-state index contributed by atoms with van der Waals surface area (Å²) < 4.78 is 27.4. The van der Waals surface area contributed by atoms with Crippen LogP contribution in [0.5, 0.6) is 0 Å². The Morgan fingerprint density at radius 2 is 2.26 bits per heavy atom. The summed E-state index contributed by atoms with van der Waals surface area (Å²) in [5, 5.41) is 4.65. The van der Waals surface area contributed by atoms with Crippen LogP contribution in [-0.4, -0.2) is 32.5 Å². The van der Waals surface area contributed by atoms with Crippen molar-refractivity contribution in [3.8, 4) is 0 Å². The number of hydrogen-bond donors (Lipinski definition) is 1. The zero-order valence-corrected chi connectivity index (χ0v) is 12.5. The Bertz CT molecular complexity index is 622. The molecule has 2 aromatic rings. The summed E-state index contributed by atoms with van der Waals surface area (Å²) in [6.07, 6.45) is 2.58. The summed E-state index contributed by atoms with van der Waals surface area (Å²) in [6, 6.07) is 3.33. The Hall–Kier alpha value is -0.960. The van der Waals surface area contributed by atoms with Crippen molar-refractivity contribution in [2.45, 2.75) is 16.7 Å². The Labute approximate surface area is 120 Å². The number of thiazole rings is 1. The van der Waals surface area contributed by atoms with Crippen LogP contribution in [0.15, 0.2) is 33.3 Å². The molecule has 0 spiro atoms. The number of anilines is 1. The van der Waals surface area contributed by atoms with Crippen molar-refractivity contribution in [3.63, 3.8) is 0 Å². The van der Waals surface area contributed by atoms with Gasteiger partial charge in [0.05, 0.1) is 0 Å². The second-order valence-corrected chi connectivity index (χ2v) is 8.06. The topological polar surface area (TPSA) is 62.3 Å². The van der Waals surface area contributed by atoms with E-state index in [4.69, 9.17) is 0 Å². The smallest absolute Gasteiger partial charge is 0.250 e. The normalized spacial score (nSPS) is 20.0. The third kappa shape index (κ3) is 2.81. The minimum Gasteiger partial charge on any atom is -0.346 e. The summed E-state index contributed by atoms with van der Waals surface area (Å²) in [4.78, 5) is 6.37. The molecule has 102 valence electrons. The fourth-order valence-corrected chi connectivity index (χ4v) is 5.05. The van der Waals surface area contributed by atoms with Gasteiger partial charge in [0, 0.05) is 30.7 Å². The lowest BCUT2D eigenvalue weighted by molar-refractivity contribution is 0.563. The third-order valence-corrected chi connectivity index (χ3v) is 6.71. The minimum absolute atomic E-state index is 0.0454. The number of nitrogens with one attached hydrogen (secondary N) is 1. The summed E-state index contributed by atoms with van der Waals surface area (Å²) in [7, 11) is -3.37. The molecular weight excluding hydrogens is 302 g/mol. The molecule has 1 fully saturated rings. The Morgan fingerprint density at radius 1 is 1.37 bits per heavy atom. The van der Waals surface area contributed by atoms with Gasteiger partial charge in [-0.25, -0.2) is 18.1 Å². The van der Waals surface area contributed by atoms with Crippen LogP contribution in [0.25, 0.3) is 0 Å². The Kier molecular flexibility index (Phi) is 3.57. The van der Waals surface area contributed by atoms with Gasteiger partial charge in [-0.3, -0.25) is 0 Å². The van der Waals surface area contributed by atoms with Crippen LogP contribution in [0.4, 0.5) is 5.13 Å². The van der Waals surface area contributed by atoms with Gasteiger partial charge in [-0.15, -0.1) is 22.7 Å². The number of rotatable bonds is 4. The molecule has 0 amide bonds. The summed E-state index contributed by atoms with van der Waals surface area (Å²) in [6.45, 7) is 1.52. The fraction of sp³-hybridized carbons (Fsp3) is 0.364. The van der Waals surface area contributed by atoms with Gasteiger partial charge in [-0.1, -0.05) is 6.07 Å². The van der Waals surface area contributed by atoms with Gasteiger partial charge in [0.25, 0.3) is 0 Å². The van der Waals surface area contributed by atoms with E-state index in [1.165, 1.54) is 11.3 Å². The second-order valence-electron chi connectivity index (χ2n) is 4.30. The van der Waals surface area contributed by atoms with Crippen molar-refractivity contribution in [3.05, 3.63) is 29.1 Å². The van der Waals surface area contributed by atoms with Crippen molar-refractivity contribution in [1.29, 1.82) is 0 Å². The second kappa shape index (κ2) is 5.20. The molecule has 2 aromatic heterocycles. The van der Waals surface area contributed by atoms with Gasteiger partial charge < -0.3 is 4.90 Å². The molecule has 0 aliphatic carbocycles. The number of nitrogens with zero attached hydrogens (tertiary/aromatic N) is 2. The predicted molar refractivity (Wildman–Crippen MR) is 77.4 cm³/mol. The molecule has 1 saturated heterocycles. The lowest BCUT2D eigenvalue weighted by atomic mass is 10.3. The van der Waals surface area contributed by atoms with E-state index < -0.39 is 10.0 Å². The van der Waals surface area contributed by atoms with Crippen LogP contribution in [0.3, 0.4) is 0 Å². The zero-order valence-electron chi connectivity index (χ0n) is 10.0. The van der Waals surface area contributed by atoms with Crippen LogP contribution in [0.1, 0.15) is 6.42 Å². The molecule has 1 atom stereocenters. The third-order valence-electron chi connectivity index (χ3n) is 2.96. The van der Waals surface area contributed by atoms with Gasteiger partial charge in [-0.05, 0) is 17.9 Å². The first kappa shape index (κ1) is 13.0. The average molecular weight is 315 g/mol. The molecule has 1 aliphatic heterocycles. The van der Waals surface area contributed by atoms with Crippen LogP contribution < -0.4 is 9.62 Å². The summed E-state index contributed by atoms with van der Waals surface area (Å²) >= 11 is 2.82. The molecule has 0 aromatic carbocycles. The van der Waals surface area contributed by atoms with Crippen LogP contribution in [0, 0.1) is 0 Å². The molecule has 8 heteroatoms. The first-order valence-corrected chi connectivity index (χ1v) is 9.10. The van der Waals surface area contributed by atoms with E-state index in [-0.39, 0.29) is 6.04 Å². The number of thiophene rings is 1. The Balaban J connectivity index is 1.66. The van der Waals surface area contributed by atoms with Crippen molar-refractivity contribution >= 4 is 37.8 Å². The molecule has 3 heterocycles. The maximum absolute atomic E-state index is 12.1. The average Bonchev–Trinajstić information content (AvgIpc) is 3.11. The first-order valence-electron chi connectivity index (χ1n) is 5.85. The van der Waals surface area contributed by atoms with Crippen molar-refractivity contribution in [2.75, 3.05) is 18.0 Å². The van der Waals surface area contributed by atoms with Gasteiger partial charge in [0.1, 0.15) is 4.21 Å². The van der Waals surface area contributed by atoms with Gasteiger partial charge in [0.2, 0.25) is 10.0 Å².